The molecule has 1 aromatic rings. The van der Waals surface area contributed by atoms with E-state index in [1.54, 1.807) is 11.3 Å². The van der Waals surface area contributed by atoms with Gasteiger partial charge in [0.15, 0.2) is 5.69 Å². The minimum absolute atomic E-state index is 0.304. The van der Waals surface area contributed by atoms with Gasteiger partial charge in [-0.2, -0.15) is 0 Å². The molecule has 0 aliphatic heterocycles. The molecule has 0 saturated heterocycles. The monoisotopic (exact) mass is 397 g/mol. The lowest BCUT2D eigenvalue weighted by molar-refractivity contribution is 0.0520. The third kappa shape index (κ3) is 13.0. The topological polar surface area (TPSA) is 59.4 Å². The van der Waals surface area contributed by atoms with Crippen LogP contribution in [0.25, 0.3) is 0 Å². The second kappa shape index (κ2) is 17.2. The summed E-state index contributed by atoms with van der Waals surface area (Å²) in [5, 5.41) is 11.6. The third-order valence-corrected chi connectivity index (χ3v) is 5.74. The van der Waals surface area contributed by atoms with Gasteiger partial charge in [-0.1, -0.05) is 77.0 Å². The summed E-state index contributed by atoms with van der Waals surface area (Å²) in [6.07, 6.45) is 19.0. The van der Waals surface area contributed by atoms with Gasteiger partial charge >= 0.3 is 5.97 Å². The molecule has 4 nitrogen and oxygen atoms in total. The lowest BCUT2D eigenvalue weighted by Gasteiger charge is -2.03. The van der Waals surface area contributed by atoms with Crippen molar-refractivity contribution >= 4 is 17.3 Å². The van der Waals surface area contributed by atoms with Gasteiger partial charge in [0.05, 0.1) is 11.6 Å². The minimum Gasteiger partial charge on any atom is -0.461 e. The average molecular weight is 398 g/mol. The van der Waals surface area contributed by atoms with Gasteiger partial charge in [0.2, 0.25) is 0 Å². The van der Waals surface area contributed by atoms with E-state index in [2.05, 4.69) is 4.98 Å². The van der Waals surface area contributed by atoms with Crippen molar-refractivity contribution in [1.82, 2.24) is 4.98 Å². The normalized spacial score (nSPS) is 11.0. The Labute approximate surface area is 169 Å². The summed E-state index contributed by atoms with van der Waals surface area (Å²) in [5.74, 6) is -0.304. The lowest BCUT2D eigenvalue weighted by Crippen LogP contribution is -2.05. The fourth-order valence-corrected chi connectivity index (χ4v) is 4.04. The third-order valence-electron chi connectivity index (χ3n) is 4.84. The second-order valence-electron chi connectivity index (χ2n) is 7.27. The fraction of sp³-hybridized carbons (Fsp3) is 0.818. The number of hydrogen-bond acceptors (Lipinski definition) is 5. The number of aliphatic hydroxyl groups is 1. The van der Waals surface area contributed by atoms with Gasteiger partial charge in [-0.3, -0.25) is 0 Å². The van der Waals surface area contributed by atoms with Crippen molar-refractivity contribution in [2.24, 2.45) is 0 Å². The van der Waals surface area contributed by atoms with E-state index in [4.69, 9.17) is 9.84 Å². The number of esters is 1. The first-order valence-corrected chi connectivity index (χ1v) is 11.9. The largest absolute Gasteiger partial charge is 0.461 e. The zero-order valence-electron chi connectivity index (χ0n) is 17.2. The van der Waals surface area contributed by atoms with Crippen molar-refractivity contribution in [3.05, 3.63) is 16.1 Å². The Balaban J connectivity index is 1.85. The highest BCUT2D eigenvalue weighted by Crippen LogP contribution is 2.16. The molecule has 156 valence electrons. The highest BCUT2D eigenvalue weighted by atomic mass is 32.1. The highest BCUT2D eigenvalue weighted by Gasteiger charge is 2.11. The van der Waals surface area contributed by atoms with Crippen molar-refractivity contribution in [2.45, 2.75) is 103 Å². The SMILES string of the molecule is CCOC(=O)c1csc(CCCCCCCCCCCCCCCCO)n1. The van der Waals surface area contributed by atoms with Crippen LogP contribution in [0.1, 0.15) is 112 Å². The predicted octanol–water partition coefficient (Wildman–Crippen LogP) is 6.32. The molecule has 0 amide bonds. The molecule has 1 rings (SSSR count). The van der Waals surface area contributed by atoms with Gasteiger partial charge < -0.3 is 9.84 Å². The predicted molar refractivity (Wildman–Crippen MR) is 113 cm³/mol. The average Bonchev–Trinajstić information content (AvgIpc) is 3.14. The number of ether oxygens (including phenoxy) is 1. The highest BCUT2D eigenvalue weighted by molar-refractivity contribution is 7.09. The number of thiazole rings is 1. The molecule has 0 aliphatic rings. The maximum absolute atomic E-state index is 11.6. The summed E-state index contributed by atoms with van der Waals surface area (Å²) >= 11 is 1.57. The van der Waals surface area contributed by atoms with Gasteiger partial charge in [-0.25, -0.2) is 9.78 Å². The van der Waals surface area contributed by atoms with Crippen molar-refractivity contribution in [3.8, 4) is 0 Å². The van der Waals surface area contributed by atoms with Crippen LogP contribution in [0, 0.1) is 0 Å². The van der Waals surface area contributed by atoms with Gasteiger partial charge in [0, 0.05) is 12.0 Å². The standard InChI is InChI=1S/C22H39NO3S/c1-2-26-22(25)20-19-27-21(23-20)17-15-13-11-9-7-5-3-4-6-8-10-12-14-16-18-24/h19,24H,2-18H2,1H3. The minimum atomic E-state index is -0.304. The van der Waals surface area contributed by atoms with Crippen LogP contribution in [0.5, 0.6) is 0 Å². The molecule has 0 atom stereocenters. The maximum atomic E-state index is 11.6. The van der Waals surface area contributed by atoms with Gasteiger partial charge in [-0.05, 0) is 26.2 Å². The van der Waals surface area contributed by atoms with Gasteiger partial charge in [0.25, 0.3) is 0 Å². The number of carbonyl (C=O) groups excluding carboxylic acids is 1. The van der Waals surface area contributed by atoms with Crippen LogP contribution in [-0.2, 0) is 11.2 Å². The Morgan fingerprint density at radius 3 is 1.85 bits per heavy atom. The summed E-state index contributed by atoms with van der Waals surface area (Å²) in [4.78, 5) is 15.9. The Morgan fingerprint density at radius 2 is 1.37 bits per heavy atom. The van der Waals surface area contributed by atoms with Crippen LogP contribution in [0.4, 0.5) is 0 Å². The number of aromatic nitrogens is 1. The van der Waals surface area contributed by atoms with E-state index in [1.165, 1.54) is 77.0 Å². The van der Waals surface area contributed by atoms with E-state index in [1.807, 2.05) is 12.3 Å². The molecule has 0 bridgehead atoms. The fourth-order valence-electron chi connectivity index (χ4n) is 3.23. The van der Waals surface area contributed by atoms with E-state index in [-0.39, 0.29) is 5.97 Å². The molecule has 1 heterocycles. The molecule has 0 saturated carbocycles. The van der Waals surface area contributed by atoms with E-state index >= 15 is 0 Å². The summed E-state index contributed by atoms with van der Waals surface area (Å²) in [5.41, 5.74) is 0.460. The van der Waals surface area contributed by atoms with Crippen LogP contribution in [-0.4, -0.2) is 29.3 Å². The Bertz CT molecular complexity index is 476. The molecule has 27 heavy (non-hydrogen) atoms. The summed E-state index contributed by atoms with van der Waals surface area (Å²) < 4.78 is 4.97. The molecule has 0 radical (unpaired) electrons. The Kier molecular flexibility index (Phi) is 15.3. The Morgan fingerprint density at radius 1 is 0.889 bits per heavy atom. The number of aliphatic hydroxyl groups excluding tert-OH is 1. The van der Waals surface area contributed by atoms with Gasteiger partial charge in [-0.15, -0.1) is 11.3 Å². The van der Waals surface area contributed by atoms with Crippen molar-refractivity contribution in [2.75, 3.05) is 13.2 Å². The number of nitrogens with zero attached hydrogens (tertiary/aromatic N) is 1. The first kappa shape index (κ1) is 24.1. The zero-order chi connectivity index (χ0) is 19.6. The number of carbonyl (C=O) groups is 1. The molecule has 1 aromatic heterocycles. The summed E-state index contributed by atoms with van der Waals surface area (Å²) in [7, 11) is 0. The lowest BCUT2D eigenvalue weighted by atomic mass is 10.0. The zero-order valence-corrected chi connectivity index (χ0v) is 18.0. The smallest absolute Gasteiger partial charge is 0.357 e. The van der Waals surface area contributed by atoms with Crippen LogP contribution in [0.3, 0.4) is 0 Å². The maximum Gasteiger partial charge on any atom is 0.357 e. The summed E-state index contributed by atoms with van der Waals surface area (Å²) in [6.45, 7) is 2.56. The Hall–Kier alpha value is -0.940. The number of rotatable bonds is 18. The van der Waals surface area contributed by atoms with Crippen LogP contribution < -0.4 is 0 Å². The van der Waals surface area contributed by atoms with Crippen LogP contribution in [0.2, 0.25) is 0 Å². The molecular weight excluding hydrogens is 358 g/mol. The molecular formula is C22H39NO3S. The first-order chi connectivity index (χ1) is 13.3. The number of hydrogen-bond donors (Lipinski definition) is 1. The van der Waals surface area contributed by atoms with E-state index in [0.29, 0.717) is 18.9 Å². The van der Waals surface area contributed by atoms with Crippen molar-refractivity contribution in [3.63, 3.8) is 0 Å². The van der Waals surface area contributed by atoms with Crippen LogP contribution in [0.15, 0.2) is 5.38 Å². The van der Waals surface area contributed by atoms with Crippen LogP contribution >= 0.6 is 11.3 Å². The number of aryl methyl sites for hydroxylation is 1. The second-order valence-corrected chi connectivity index (χ2v) is 8.21. The molecule has 1 N–H and O–H groups in total. The van der Waals surface area contributed by atoms with Crippen molar-refractivity contribution in [1.29, 1.82) is 0 Å². The molecule has 0 aromatic carbocycles. The molecule has 0 aliphatic carbocycles. The first-order valence-electron chi connectivity index (χ1n) is 11.0. The van der Waals surface area contributed by atoms with E-state index in [9.17, 15) is 4.79 Å². The van der Waals surface area contributed by atoms with Crippen molar-refractivity contribution < 1.29 is 14.6 Å². The molecule has 0 spiro atoms. The molecule has 5 heteroatoms. The summed E-state index contributed by atoms with van der Waals surface area (Å²) in [6, 6.07) is 0. The molecule has 0 unspecified atom stereocenters. The quantitative estimate of drug-likeness (QED) is 0.233. The molecule has 0 fully saturated rings. The number of unbranched alkanes of at least 4 members (excludes halogenated alkanes) is 13. The van der Waals surface area contributed by atoms with E-state index < -0.39 is 0 Å². The van der Waals surface area contributed by atoms with E-state index in [0.717, 1.165) is 24.3 Å². The van der Waals surface area contributed by atoms with Gasteiger partial charge in [0.1, 0.15) is 0 Å².